The van der Waals surface area contributed by atoms with Crippen LogP contribution < -0.4 is 14.4 Å². The number of fused-ring (bicyclic) bond motifs is 4. The van der Waals surface area contributed by atoms with Crippen molar-refractivity contribution in [2.75, 3.05) is 31.1 Å². The van der Waals surface area contributed by atoms with Crippen LogP contribution in [0.2, 0.25) is 5.02 Å². The van der Waals surface area contributed by atoms with E-state index in [4.69, 9.17) is 16.3 Å². The number of ether oxygens (including phenoxy) is 1. The van der Waals surface area contributed by atoms with Crippen LogP contribution >= 0.6 is 11.6 Å². The molecule has 7 rings (SSSR count). The van der Waals surface area contributed by atoms with Crippen LogP contribution in [0.3, 0.4) is 0 Å². The van der Waals surface area contributed by atoms with Crippen molar-refractivity contribution in [3.63, 3.8) is 0 Å². The summed E-state index contributed by atoms with van der Waals surface area (Å²) >= 11 is 6.38. The minimum absolute atomic E-state index is 0.0779. The Morgan fingerprint density at radius 3 is 2.71 bits per heavy atom. The van der Waals surface area contributed by atoms with Gasteiger partial charge in [0, 0.05) is 49.5 Å². The number of carbonyl (C=O) groups excluding carboxylic acids is 1. The van der Waals surface area contributed by atoms with Crippen molar-refractivity contribution < 1.29 is 23.1 Å². The van der Waals surface area contributed by atoms with Gasteiger partial charge in [0.2, 0.25) is 10.0 Å². The molecule has 0 radical (unpaired) electrons. The molecule has 2 N–H and O–H groups in total. The molecule has 10 nitrogen and oxygen atoms in total. The minimum Gasteiger partial charge on any atom is -0.487 e. The average Bonchev–Trinajstić information content (AvgIpc) is 3.12. The van der Waals surface area contributed by atoms with E-state index in [1.165, 1.54) is 11.1 Å². The van der Waals surface area contributed by atoms with Crippen molar-refractivity contribution in [3.8, 4) is 5.75 Å². The molecule has 0 saturated heterocycles. The lowest BCUT2D eigenvalue weighted by Gasteiger charge is -2.51. The highest BCUT2D eigenvalue weighted by molar-refractivity contribution is 7.90. The molecule has 1 aliphatic carbocycles. The van der Waals surface area contributed by atoms with Crippen molar-refractivity contribution in [1.29, 1.82) is 0 Å². The molecule has 274 valence electrons. The third kappa shape index (κ3) is 7.92. The van der Waals surface area contributed by atoms with Gasteiger partial charge in [-0.25, -0.2) is 23.1 Å². The number of carbonyl (C=O) groups is 1. The van der Waals surface area contributed by atoms with Crippen molar-refractivity contribution in [2.24, 2.45) is 17.8 Å². The Labute approximate surface area is 307 Å². The fourth-order valence-corrected chi connectivity index (χ4v) is 10.1. The number of anilines is 1. The summed E-state index contributed by atoms with van der Waals surface area (Å²) in [6.07, 6.45) is 10.9. The third-order valence-electron chi connectivity index (χ3n) is 12.0. The first-order chi connectivity index (χ1) is 24.5. The number of aryl methyl sites for hydroxylation is 1. The lowest BCUT2D eigenvalue weighted by Crippen LogP contribution is -2.56. The van der Waals surface area contributed by atoms with Crippen LogP contribution in [0.4, 0.5) is 5.69 Å². The molecule has 3 aromatic rings. The van der Waals surface area contributed by atoms with Crippen molar-refractivity contribution in [1.82, 2.24) is 19.6 Å². The molecule has 0 spiro atoms. The largest absolute Gasteiger partial charge is 0.487 e. The van der Waals surface area contributed by atoms with Gasteiger partial charge in [0.15, 0.2) is 0 Å². The maximum atomic E-state index is 13.6. The van der Waals surface area contributed by atoms with Crippen LogP contribution in [-0.4, -0.2) is 71.3 Å². The Balaban J connectivity index is 1.23. The number of benzene rings is 2. The van der Waals surface area contributed by atoms with Crippen LogP contribution in [0.5, 0.6) is 5.75 Å². The van der Waals surface area contributed by atoms with E-state index in [-0.39, 0.29) is 23.3 Å². The Bertz CT molecular complexity index is 1860. The van der Waals surface area contributed by atoms with Gasteiger partial charge in [0.25, 0.3) is 5.91 Å². The molecule has 2 bridgehead atoms. The zero-order valence-corrected chi connectivity index (χ0v) is 31.3. The average molecular weight is 736 g/mol. The molecular formula is C39H50ClN5O5S. The molecule has 12 heteroatoms. The molecule has 3 aliphatic heterocycles. The quantitative estimate of drug-likeness (QED) is 0.329. The first-order valence-corrected chi connectivity index (χ1v) is 20.5. The summed E-state index contributed by atoms with van der Waals surface area (Å²) in [6, 6.07) is 11.1. The molecular weight excluding hydrogens is 686 g/mol. The van der Waals surface area contributed by atoms with E-state index < -0.39 is 26.8 Å². The van der Waals surface area contributed by atoms with E-state index in [1.807, 2.05) is 31.3 Å². The smallest absolute Gasteiger partial charge is 0.264 e. The van der Waals surface area contributed by atoms with Crippen LogP contribution in [-0.2, 0) is 36.0 Å². The molecule has 4 heterocycles. The van der Waals surface area contributed by atoms with E-state index in [2.05, 4.69) is 24.5 Å². The molecule has 2 aromatic carbocycles. The van der Waals surface area contributed by atoms with Gasteiger partial charge >= 0.3 is 0 Å². The predicted octanol–water partition coefficient (Wildman–Crippen LogP) is 5.94. The van der Waals surface area contributed by atoms with Gasteiger partial charge in [0.1, 0.15) is 18.7 Å². The zero-order chi connectivity index (χ0) is 35.8. The van der Waals surface area contributed by atoms with E-state index in [1.54, 1.807) is 31.5 Å². The Morgan fingerprint density at radius 1 is 1.02 bits per heavy atom. The molecule has 1 aromatic heterocycles. The lowest BCUT2D eigenvalue weighted by molar-refractivity contribution is -0.107. The Morgan fingerprint density at radius 2 is 1.88 bits per heavy atom. The van der Waals surface area contributed by atoms with E-state index in [9.17, 15) is 18.3 Å². The molecule has 1 fully saturated rings. The maximum Gasteiger partial charge on any atom is 0.264 e. The molecule has 4 aliphatic rings. The lowest BCUT2D eigenvalue weighted by atomic mass is 9.62. The van der Waals surface area contributed by atoms with Crippen molar-refractivity contribution in [2.45, 2.75) is 95.6 Å². The zero-order valence-electron chi connectivity index (χ0n) is 29.7. The van der Waals surface area contributed by atoms with Crippen LogP contribution in [0.25, 0.3) is 0 Å². The molecule has 5 atom stereocenters. The summed E-state index contributed by atoms with van der Waals surface area (Å²) < 4.78 is 35.9. The number of halogens is 1. The number of aromatic nitrogens is 2. The number of nitrogens with zero attached hydrogens (tertiary/aromatic N) is 4. The monoisotopic (exact) mass is 735 g/mol. The van der Waals surface area contributed by atoms with E-state index in [0.29, 0.717) is 56.3 Å². The highest BCUT2D eigenvalue weighted by Gasteiger charge is 2.48. The van der Waals surface area contributed by atoms with Crippen molar-refractivity contribution in [3.05, 3.63) is 81.9 Å². The van der Waals surface area contributed by atoms with Gasteiger partial charge in [-0.15, -0.1) is 0 Å². The molecule has 0 unspecified atom stereocenters. The van der Waals surface area contributed by atoms with Gasteiger partial charge in [-0.3, -0.25) is 9.69 Å². The number of rotatable bonds is 2. The third-order valence-corrected chi connectivity index (χ3v) is 14.2. The molecule has 1 saturated carbocycles. The van der Waals surface area contributed by atoms with E-state index in [0.717, 1.165) is 68.6 Å². The van der Waals surface area contributed by atoms with Crippen molar-refractivity contribution >= 4 is 33.2 Å². The maximum absolute atomic E-state index is 13.6. The number of aliphatic hydroxyl groups is 1. The highest BCUT2D eigenvalue weighted by Crippen LogP contribution is 2.47. The first kappa shape index (κ1) is 36.1. The molecule has 51 heavy (non-hydrogen) atoms. The first-order valence-electron chi connectivity index (χ1n) is 18.6. The second-order valence-corrected chi connectivity index (χ2v) is 17.8. The van der Waals surface area contributed by atoms with Gasteiger partial charge in [0.05, 0.1) is 22.2 Å². The van der Waals surface area contributed by atoms with Crippen LogP contribution in [0.15, 0.2) is 48.9 Å². The normalized spacial score (nSPS) is 28.8. The minimum atomic E-state index is -3.96. The second kappa shape index (κ2) is 15.0. The highest BCUT2D eigenvalue weighted by atomic mass is 35.5. The summed E-state index contributed by atoms with van der Waals surface area (Å²) in [4.78, 5) is 27.0. The predicted molar refractivity (Wildman–Crippen MR) is 198 cm³/mol. The summed E-state index contributed by atoms with van der Waals surface area (Å²) in [5.74, 6) is 0.111. The fourth-order valence-electron chi connectivity index (χ4n) is 8.62. The van der Waals surface area contributed by atoms with Gasteiger partial charge in [-0.2, -0.15) is 0 Å². The standard InChI is InChI=1S/C39H50ClN5O5S/c1-26-6-5-15-39(47,24-44-17-14-30-20-41-25-42-35(30)22-44)34-12-9-31(34)21-45-16-4-3-7-28-18-33(40)11-8-32(28)23-50-37-13-10-29(19-36(37)45)38(46)43-51(48,49)27(26)2/h8,10-11,13,18-20,25-27,31,34,47H,3-7,9,12,14-17,21-24H2,1-2H3,(H,43,46)/t26-,27+,31-,34+,39-/m0/s1. The van der Waals surface area contributed by atoms with Gasteiger partial charge in [-0.1, -0.05) is 31.0 Å². The SMILES string of the molecule is C[C@@H]1[C@@H](C)CCC[C@](O)(CN2CCc3cncnc3C2)[C@@H]2CC[C@H]2CN2CCCCc3cc(Cl)ccc3COc3ccc(cc32)C(=O)NS1(=O)=O. The van der Waals surface area contributed by atoms with Crippen LogP contribution in [0.1, 0.15) is 91.5 Å². The van der Waals surface area contributed by atoms with Gasteiger partial charge in [-0.05, 0) is 123 Å². The number of nitrogens with one attached hydrogen (secondary N) is 1. The summed E-state index contributed by atoms with van der Waals surface area (Å²) in [7, 11) is -3.96. The second-order valence-electron chi connectivity index (χ2n) is 15.3. The topological polar surface area (TPSA) is 125 Å². The molecule has 1 amide bonds. The Hall–Kier alpha value is -3.25. The van der Waals surface area contributed by atoms with Gasteiger partial charge < -0.3 is 14.7 Å². The number of β-amino-alcohol motifs (C(OH)–C–C–N with tert-alkyl or cyclic N) is 1. The van der Waals surface area contributed by atoms with E-state index >= 15 is 0 Å². The summed E-state index contributed by atoms with van der Waals surface area (Å²) in [6.45, 7) is 7.42. The summed E-state index contributed by atoms with van der Waals surface area (Å²) in [5, 5.41) is 12.7. The fraction of sp³-hybridized carbons (Fsp3) is 0.564. The number of hydrogen-bond acceptors (Lipinski definition) is 9. The summed E-state index contributed by atoms with van der Waals surface area (Å²) in [5.41, 5.74) is 4.53. The van der Waals surface area contributed by atoms with Crippen LogP contribution in [0, 0.1) is 17.8 Å². The number of sulfonamides is 1. The number of hydrogen-bond donors (Lipinski definition) is 2. The number of amides is 1. The Kier molecular flexibility index (Phi) is 10.6.